The number of rotatable bonds is 3. The molecule has 1 aromatic rings. The summed E-state index contributed by atoms with van der Waals surface area (Å²) < 4.78 is 12.9. The summed E-state index contributed by atoms with van der Waals surface area (Å²) in [6.45, 7) is 1.46. The Morgan fingerprint density at radius 2 is 2.31 bits per heavy atom. The standard InChI is InChI=1S/C8H9FN2O2/c1-5(7(9)8(12)13)6-4-10-2-3-11-6/h2-5,7H,1H3,(H,12,13). The van der Waals surface area contributed by atoms with Crippen molar-refractivity contribution < 1.29 is 14.3 Å². The van der Waals surface area contributed by atoms with Crippen LogP contribution in [0.4, 0.5) is 4.39 Å². The Hall–Kier alpha value is -1.52. The monoisotopic (exact) mass is 184 g/mol. The quantitative estimate of drug-likeness (QED) is 0.761. The van der Waals surface area contributed by atoms with Gasteiger partial charge in [0.25, 0.3) is 0 Å². The molecular formula is C8H9FN2O2. The molecule has 2 unspecified atom stereocenters. The van der Waals surface area contributed by atoms with Crippen LogP contribution in [0.3, 0.4) is 0 Å². The maximum absolute atomic E-state index is 12.9. The number of carbonyl (C=O) groups is 1. The van der Waals surface area contributed by atoms with Crippen molar-refractivity contribution in [2.75, 3.05) is 0 Å². The molecule has 1 heterocycles. The predicted molar refractivity (Wildman–Crippen MR) is 43.0 cm³/mol. The molecule has 5 heteroatoms. The molecule has 0 saturated carbocycles. The van der Waals surface area contributed by atoms with Crippen LogP contribution in [0.1, 0.15) is 18.5 Å². The molecule has 1 aromatic heterocycles. The van der Waals surface area contributed by atoms with Gasteiger partial charge in [-0.05, 0) is 0 Å². The Morgan fingerprint density at radius 1 is 1.62 bits per heavy atom. The summed E-state index contributed by atoms with van der Waals surface area (Å²) in [5.74, 6) is -2.25. The molecule has 0 aliphatic carbocycles. The van der Waals surface area contributed by atoms with E-state index in [4.69, 9.17) is 5.11 Å². The van der Waals surface area contributed by atoms with Crippen molar-refractivity contribution in [1.29, 1.82) is 0 Å². The topological polar surface area (TPSA) is 63.1 Å². The molecule has 0 fully saturated rings. The lowest BCUT2D eigenvalue weighted by molar-refractivity contribution is -0.143. The van der Waals surface area contributed by atoms with Gasteiger partial charge < -0.3 is 5.11 Å². The first kappa shape index (κ1) is 9.57. The molecule has 0 bridgehead atoms. The highest BCUT2D eigenvalue weighted by atomic mass is 19.1. The van der Waals surface area contributed by atoms with Gasteiger partial charge in [0.05, 0.1) is 5.69 Å². The third-order valence-electron chi connectivity index (χ3n) is 1.72. The molecule has 1 N–H and O–H groups in total. The summed E-state index contributed by atoms with van der Waals surface area (Å²) in [6, 6.07) is 0. The number of carboxylic acid groups (broad SMARTS) is 1. The van der Waals surface area contributed by atoms with Crippen LogP contribution < -0.4 is 0 Å². The zero-order chi connectivity index (χ0) is 9.84. The second kappa shape index (κ2) is 3.93. The van der Waals surface area contributed by atoms with E-state index in [9.17, 15) is 9.18 Å². The Morgan fingerprint density at radius 3 is 2.77 bits per heavy atom. The van der Waals surface area contributed by atoms with Gasteiger partial charge in [0.15, 0.2) is 0 Å². The van der Waals surface area contributed by atoms with Crippen LogP contribution in [-0.4, -0.2) is 27.2 Å². The number of hydrogen-bond donors (Lipinski definition) is 1. The number of aromatic nitrogens is 2. The molecule has 0 radical (unpaired) electrons. The van der Waals surface area contributed by atoms with Crippen molar-refractivity contribution in [2.45, 2.75) is 19.0 Å². The lowest BCUT2D eigenvalue weighted by Gasteiger charge is -2.10. The SMILES string of the molecule is CC(c1cnccn1)C(F)C(=O)O. The second-order valence-electron chi connectivity index (χ2n) is 2.66. The van der Waals surface area contributed by atoms with Crippen molar-refractivity contribution in [3.8, 4) is 0 Å². The van der Waals surface area contributed by atoms with E-state index in [0.717, 1.165) is 0 Å². The van der Waals surface area contributed by atoms with Gasteiger partial charge in [-0.25, -0.2) is 9.18 Å². The first-order chi connectivity index (χ1) is 6.13. The summed E-state index contributed by atoms with van der Waals surface area (Å²) in [5, 5.41) is 8.39. The van der Waals surface area contributed by atoms with E-state index >= 15 is 0 Å². The van der Waals surface area contributed by atoms with Crippen molar-refractivity contribution in [3.63, 3.8) is 0 Å². The zero-order valence-electron chi connectivity index (χ0n) is 7.01. The fourth-order valence-corrected chi connectivity index (χ4v) is 0.910. The Bertz CT molecular complexity index is 291. The van der Waals surface area contributed by atoms with Gasteiger partial charge in [-0.3, -0.25) is 9.97 Å². The van der Waals surface area contributed by atoms with Gasteiger partial charge in [-0.2, -0.15) is 0 Å². The summed E-state index contributed by atoms with van der Waals surface area (Å²) >= 11 is 0. The highest BCUT2D eigenvalue weighted by molar-refractivity contribution is 5.73. The first-order valence-electron chi connectivity index (χ1n) is 3.75. The summed E-state index contributed by atoms with van der Waals surface area (Å²) in [4.78, 5) is 17.8. The lowest BCUT2D eigenvalue weighted by atomic mass is 10.0. The minimum atomic E-state index is -1.93. The van der Waals surface area contributed by atoms with E-state index in [0.29, 0.717) is 5.69 Å². The maximum Gasteiger partial charge on any atom is 0.338 e. The van der Waals surface area contributed by atoms with Crippen LogP contribution in [0.15, 0.2) is 18.6 Å². The van der Waals surface area contributed by atoms with E-state index in [1.54, 1.807) is 0 Å². The lowest BCUT2D eigenvalue weighted by Crippen LogP contribution is -2.22. The smallest absolute Gasteiger partial charge is 0.338 e. The molecule has 13 heavy (non-hydrogen) atoms. The average molecular weight is 184 g/mol. The molecule has 0 spiro atoms. The fraction of sp³-hybridized carbons (Fsp3) is 0.375. The number of carboxylic acids is 1. The number of nitrogens with zero attached hydrogens (tertiary/aromatic N) is 2. The van der Waals surface area contributed by atoms with Gasteiger partial charge in [0.1, 0.15) is 0 Å². The minimum Gasteiger partial charge on any atom is -0.479 e. The molecule has 0 aliphatic rings. The average Bonchev–Trinajstić information content (AvgIpc) is 2.17. The third-order valence-corrected chi connectivity index (χ3v) is 1.72. The van der Waals surface area contributed by atoms with E-state index in [1.807, 2.05) is 0 Å². The molecule has 0 amide bonds. The van der Waals surface area contributed by atoms with E-state index in [-0.39, 0.29) is 0 Å². The fourth-order valence-electron chi connectivity index (χ4n) is 0.910. The third kappa shape index (κ3) is 2.21. The van der Waals surface area contributed by atoms with Crippen molar-refractivity contribution in [2.24, 2.45) is 0 Å². The van der Waals surface area contributed by atoms with Crippen LogP contribution in [0, 0.1) is 0 Å². The summed E-state index contributed by atoms with van der Waals surface area (Å²) in [6.07, 6.45) is 2.28. The van der Waals surface area contributed by atoms with Gasteiger partial charge in [0.2, 0.25) is 6.17 Å². The van der Waals surface area contributed by atoms with Gasteiger partial charge >= 0.3 is 5.97 Å². The second-order valence-corrected chi connectivity index (χ2v) is 2.66. The normalized spacial score (nSPS) is 14.9. The predicted octanol–water partition coefficient (Wildman–Crippen LogP) is 1.00. The summed E-state index contributed by atoms with van der Waals surface area (Å²) in [5.41, 5.74) is 0.345. The molecule has 1 rings (SSSR count). The Labute approximate surface area is 74.5 Å². The molecular weight excluding hydrogens is 175 g/mol. The van der Waals surface area contributed by atoms with E-state index < -0.39 is 18.1 Å². The number of alkyl halides is 1. The number of halogens is 1. The molecule has 4 nitrogen and oxygen atoms in total. The van der Waals surface area contributed by atoms with Crippen molar-refractivity contribution in [3.05, 3.63) is 24.3 Å². The highest BCUT2D eigenvalue weighted by Crippen LogP contribution is 2.18. The molecule has 70 valence electrons. The van der Waals surface area contributed by atoms with Crippen LogP contribution in [0.5, 0.6) is 0 Å². The Kier molecular flexibility index (Phi) is 2.89. The van der Waals surface area contributed by atoms with E-state index in [2.05, 4.69) is 9.97 Å². The number of hydrogen-bond acceptors (Lipinski definition) is 3. The maximum atomic E-state index is 12.9. The minimum absolute atomic E-state index is 0.345. The van der Waals surface area contributed by atoms with Gasteiger partial charge in [0, 0.05) is 24.5 Å². The van der Waals surface area contributed by atoms with E-state index in [1.165, 1.54) is 25.5 Å². The Balaban J connectivity index is 2.79. The largest absolute Gasteiger partial charge is 0.479 e. The van der Waals surface area contributed by atoms with Crippen LogP contribution in [-0.2, 0) is 4.79 Å². The summed E-state index contributed by atoms with van der Waals surface area (Å²) in [7, 11) is 0. The van der Waals surface area contributed by atoms with Gasteiger partial charge in [-0.1, -0.05) is 6.92 Å². The zero-order valence-corrected chi connectivity index (χ0v) is 7.01. The first-order valence-corrected chi connectivity index (χ1v) is 3.75. The molecule has 2 atom stereocenters. The van der Waals surface area contributed by atoms with Crippen molar-refractivity contribution >= 4 is 5.97 Å². The van der Waals surface area contributed by atoms with Crippen LogP contribution >= 0.6 is 0 Å². The molecule has 0 aromatic carbocycles. The molecule has 0 aliphatic heterocycles. The van der Waals surface area contributed by atoms with Crippen LogP contribution in [0.25, 0.3) is 0 Å². The highest BCUT2D eigenvalue weighted by Gasteiger charge is 2.26. The molecule has 0 saturated heterocycles. The van der Waals surface area contributed by atoms with Gasteiger partial charge in [-0.15, -0.1) is 0 Å². The van der Waals surface area contributed by atoms with Crippen molar-refractivity contribution in [1.82, 2.24) is 9.97 Å². The number of aliphatic carboxylic acids is 1. The van der Waals surface area contributed by atoms with Crippen LogP contribution in [0.2, 0.25) is 0 Å².